The second-order valence-corrected chi connectivity index (χ2v) is 3.50. The topological polar surface area (TPSA) is 0 Å². The SMILES string of the molecule is C=C/C=C(CC)/C(C)=C/C=C(/C)CC. The molecule has 14 heavy (non-hydrogen) atoms. The quantitative estimate of drug-likeness (QED) is 0.546. The molecule has 0 rings (SSSR count). The summed E-state index contributed by atoms with van der Waals surface area (Å²) in [5.74, 6) is 0. The van der Waals surface area contributed by atoms with Crippen LogP contribution < -0.4 is 0 Å². The summed E-state index contributed by atoms with van der Waals surface area (Å²) < 4.78 is 0. The van der Waals surface area contributed by atoms with Gasteiger partial charge in [-0.05, 0) is 37.8 Å². The molecule has 0 heteroatoms. The monoisotopic (exact) mass is 190 g/mol. The van der Waals surface area contributed by atoms with E-state index in [1.54, 1.807) is 0 Å². The third-order valence-electron chi connectivity index (χ3n) is 2.38. The Bertz CT molecular complexity index is 262. The van der Waals surface area contributed by atoms with E-state index in [9.17, 15) is 0 Å². The second kappa shape index (κ2) is 7.37. The van der Waals surface area contributed by atoms with Crippen LogP contribution in [0, 0.1) is 0 Å². The Balaban J connectivity index is 4.66. The number of hydrogen-bond donors (Lipinski definition) is 0. The van der Waals surface area contributed by atoms with E-state index >= 15 is 0 Å². The molecule has 0 fully saturated rings. The summed E-state index contributed by atoms with van der Waals surface area (Å²) in [5.41, 5.74) is 4.11. The normalized spacial score (nSPS) is 14.4. The van der Waals surface area contributed by atoms with Crippen molar-refractivity contribution in [2.75, 3.05) is 0 Å². The van der Waals surface area contributed by atoms with Crippen molar-refractivity contribution in [3.63, 3.8) is 0 Å². The first-order chi connectivity index (χ1) is 6.65. The standard InChI is InChI=1S/C14H22/c1-6-9-14(8-3)13(5)11-10-12(4)7-2/h6,9-11H,1,7-8H2,2-5H3/b12-10-,13-11+,14-9+. The van der Waals surface area contributed by atoms with Crippen LogP contribution in [0.25, 0.3) is 0 Å². The summed E-state index contributed by atoms with van der Waals surface area (Å²) in [4.78, 5) is 0. The van der Waals surface area contributed by atoms with Gasteiger partial charge in [-0.2, -0.15) is 0 Å². The van der Waals surface area contributed by atoms with E-state index in [1.165, 1.54) is 16.7 Å². The van der Waals surface area contributed by atoms with Gasteiger partial charge in [0.25, 0.3) is 0 Å². The minimum atomic E-state index is 1.06. The molecule has 0 amide bonds. The maximum atomic E-state index is 3.72. The van der Waals surface area contributed by atoms with Crippen LogP contribution >= 0.6 is 0 Å². The molecule has 0 atom stereocenters. The van der Waals surface area contributed by atoms with Crippen molar-refractivity contribution in [2.24, 2.45) is 0 Å². The highest BCUT2D eigenvalue weighted by Gasteiger charge is 1.94. The maximum Gasteiger partial charge on any atom is -0.0305 e. The number of allylic oxidation sites excluding steroid dienone is 7. The Morgan fingerprint density at radius 3 is 2.07 bits per heavy atom. The third kappa shape index (κ3) is 4.86. The highest BCUT2D eigenvalue weighted by Crippen LogP contribution is 2.14. The molecule has 0 N–H and O–H groups in total. The minimum Gasteiger partial charge on any atom is -0.0991 e. The summed E-state index contributed by atoms with van der Waals surface area (Å²) >= 11 is 0. The van der Waals surface area contributed by atoms with Gasteiger partial charge in [0.05, 0.1) is 0 Å². The summed E-state index contributed by atoms with van der Waals surface area (Å²) in [7, 11) is 0. The molecule has 78 valence electrons. The summed E-state index contributed by atoms with van der Waals surface area (Å²) in [6.07, 6.45) is 10.5. The van der Waals surface area contributed by atoms with Gasteiger partial charge in [0.2, 0.25) is 0 Å². The molecule has 0 aromatic rings. The molecule has 0 aliphatic rings. The number of rotatable bonds is 5. The lowest BCUT2D eigenvalue weighted by atomic mass is 10.0. The van der Waals surface area contributed by atoms with Gasteiger partial charge in [-0.15, -0.1) is 0 Å². The van der Waals surface area contributed by atoms with Crippen molar-refractivity contribution in [1.29, 1.82) is 0 Å². The summed E-state index contributed by atoms with van der Waals surface area (Å²) in [6.45, 7) is 12.4. The van der Waals surface area contributed by atoms with Crippen molar-refractivity contribution in [2.45, 2.75) is 40.5 Å². The van der Waals surface area contributed by atoms with Crippen LogP contribution in [0.15, 0.2) is 47.6 Å². The van der Waals surface area contributed by atoms with Gasteiger partial charge in [0, 0.05) is 0 Å². The molecule has 0 heterocycles. The van der Waals surface area contributed by atoms with E-state index in [4.69, 9.17) is 0 Å². The fourth-order valence-electron chi connectivity index (χ4n) is 1.16. The fraction of sp³-hybridized carbons (Fsp3) is 0.429. The largest absolute Gasteiger partial charge is 0.0991 e. The van der Waals surface area contributed by atoms with Crippen molar-refractivity contribution in [3.05, 3.63) is 47.6 Å². The zero-order valence-electron chi connectivity index (χ0n) is 9.93. The lowest BCUT2D eigenvalue weighted by Crippen LogP contribution is -1.82. The van der Waals surface area contributed by atoms with Crippen molar-refractivity contribution in [3.8, 4) is 0 Å². The van der Waals surface area contributed by atoms with Crippen LogP contribution in [-0.4, -0.2) is 0 Å². The van der Waals surface area contributed by atoms with Gasteiger partial charge < -0.3 is 0 Å². The molecular formula is C14H22. The van der Waals surface area contributed by atoms with E-state index in [0.29, 0.717) is 0 Å². The van der Waals surface area contributed by atoms with Crippen LogP contribution in [0.5, 0.6) is 0 Å². The fourth-order valence-corrected chi connectivity index (χ4v) is 1.16. The first-order valence-electron chi connectivity index (χ1n) is 5.31. The zero-order valence-corrected chi connectivity index (χ0v) is 9.93. The minimum absolute atomic E-state index is 1.06. The highest BCUT2D eigenvalue weighted by atomic mass is 14.0. The zero-order chi connectivity index (χ0) is 11.0. The van der Waals surface area contributed by atoms with Gasteiger partial charge >= 0.3 is 0 Å². The smallest absolute Gasteiger partial charge is 0.0305 e. The van der Waals surface area contributed by atoms with Crippen LogP contribution in [0.1, 0.15) is 40.5 Å². The predicted octanol–water partition coefficient (Wildman–Crippen LogP) is 4.81. The van der Waals surface area contributed by atoms with Crippen LogP contribution in [0.4, 0.5) is 0 Å². The first kappa shape index (κ1) is 13.0. The highest BCUT2D eigenvalue weighted by molar-refractivity contribution is 5.34. The lowest BCUT2D eigenvalue weighted by Gasteiger charge is -2.02. The van der Waals surface area contributed by atoms with E-state index in [-0.39, 0.29) is 0 Å². The van der Waals surface area contributed by atoms with Crippen LogP contribution in [-0.2, 0) is 0 Å². The predicted molar refractivity (Wildman–Crippen MR) is 66.4 cm³/mol. The van der Waals surface area contributed by atoms with Gasteiger partial charge in [-0.1, -0.05) is 50.3 Å². The molecule has 0 aromatic heterocycles. The van der Waals surface area contributed by atoms with E-state index in [0.717, 1.165) is 12.8 Å². The molecule has 0 aliphatic carbocycles. The Morgan fingerprint density at radius 2 is 1.64 bits per heavy atom. The van der Waals surface area contributed by atoms with Crippen molar-refractivity contribution in [1.82, 2.24) is 0 Å². The molecule has 0 saturated heterocycles. The van der Waals surface area contributed by atoms with Crippen LogP contribution in [0.2, 0.25) is 0 Å². The molecule has 0 nitrogen and oxygen atoms in total. The number of hydrogen-bond acceptors (Lipinski definition) is 0. The molecule has 0 aromatic carbocycles. The van der Waals surface area contributed by atoms with Crippen molar-refractivity contribution < 1.29 is 0 Å². The summed E-state index contributed by atoms with van der Waals surface area (Å²) in [5, 5.41) is 0. The average Bonchev–Trinajstić information content (AvgIpc) is 2.21. The van der Waals surface area contributed by atoms with Crippen molar-refractivity contribution >= 4 is 0 Å². The second-order valence-electron chi connectivity index (χ2n) is 3.50. The Kier molecular flexibility index (Phi) is 6.82. The Morgan fingerprint density at radius 1 is 1.00 bits per heavy atom. The Labute approximate surface area is 88.7 Å². The van der Waals surface area contributed by atoms with E-state index in [1.807, 2.05) is 6.08 Å². The third-order valence-corrected chi connectivity index (χ3v) is 2.38. The van der Waals surface area contributed by atoms with Gasteiger partial charge in [-0.25, -0.2) is 0 Å². The molecule has 0 aliphatic heterocycles. The van der Waals surface area contributed by atoms with Gasteiger partial charge in [0.15, 0.2) is 0 Å². The first-order valence-corrected chi connectivity index (χ1v) is 5.31. The molecule has 0 saturated carbocycles. The van der Waals surface area contributed by atoms with Gasteiger partial charge in [-0.3, -0.25) is 0 Å². The molecule has 0 radical (unpaired) electrons. The molecule has 0 unspecified atom stereocenters. The van der Waals surface area contributed by atoms with Crippen LogP contribution in [0.3, 0.4) is 0 Å². The molecule has 0 spiro atoms. The molecular weight excluding hydrogens is 168 g/mol. The summed E-state index contributed by atoms with van der Waals surface area (Å²) in [6, 6.07) is 0. The average molecular weight is 190 g/mol. The lowest BCUT2D eigenvalue weighted by molar-refractivity contribution is 1.09. The van der Waals surface area contributed by atoms with E-state index in [2.05, 4.69) is 52.5 Å². The Hall–Kier alpha value is -1.04. The maximum absolute atomic E-state index is 3.72. The molecule has 0 bridgehead atoms. The van der Waals surface area contributed by atoms with E-state index < -0.39 is 0 Å². The van der Waals surface area contributed by atoms with Gasteiger partial charge in [0.1, 0.15) is 0 Å².